The molecule has 0 saturated carbocycles. The molecule has 2 aromatic carbocycles. The Morgan fingerprint density at radius 1 is 0.647 bits per heavy atom. The molecule has 0 saturated heterocycles. The zero-order chi connectivity index (χ0) is 24.0. The molecule has 10 heteroatoms. The number of aromatic nitrogens is 4. The molecule has 0 fully saturated rings. The van der Waals surface area contributed by atoms with Crippen LogP contribution >= 0.6 is 0 Å². The highest BCUT2D eigenvalue weighted by Gasteiger charge is 2.17. The number of amides is 2. The summed E-state index contributed by atoms with van der Waals surface area (Å²) in [6.45, 7) is 2.84. The maximum Gasteiger partial charge on any atom is 0.297 e. The van der Waals surface area contributed by atoms with E-state index in [1.807, 2.05) is 0 Å². The van der Waals surface area contributed by atoms with Gasteiger partial charge >= 0.3 is 0 Å². The lowest BCUT2D eigenvalue weighted by Crippen LogP contribution is -2.26. The molecule has 0 aliphatic rings. The average Bonchev–Trinajstić information content (AvgIpc) is 3.44. The SMILES string of the molecule is CC(=O)Nc1ccc(-c2cc3c(=O)n4nc(-c5ccc(NC(C)=O)cc5)cc4c(=O)n3n2)cc1. The van der Waals surface area contributed by atoms with E-state index in [-0.39, 0.29) is 22.8 Å². The van der Waals surface area contributed by atoms with Crippen LogP contribution in [0.1, 0.15) is 13.8 Å². The zero-order valence-corrected chi connectivity index (χ0v) is 18.2. The van der Waals surface area contributed by atoms with Gasteiger partial charge in [-0.3, -0.25) is 19.2 Å². The smallest absolute Gasteiger partial charge is 0.297 e. The van der Waals surface area contributed by atoms with E-state index in [4.69, 9.17) is 0 Å². The summed E-state index contributed by atoms with van der Waals surface area (Å²) < 4.78 is 2.17. The maximum atomic E-state index is 13.1. The van der Waals surface area contributed by atoms with E-state index in [0.29, 0.717) is 33.9 Å². The van der Waals surface area contributed by atoms with Gasteiger partial charge in [-0.1, -0.05) is 24.3 Å². The predicted molar refractivity (Wildman–Crippen MR) is 127 cm³/mol. The lowest BCUT2D eigenvalue weighted by Gasteiger charge is -2.02. The Labute approximate surface area is 191 Å². The largest absolute Gasteiger partial charge is 0.326 e. The van der Waals surface area contributed by atoms with Crippen molar-refractivity contribution in [3.8, 4) is 22.5 Å². The van der Waals surface area contributed by atoms with Gasteiger partial charge in [-0.25, -0.2) is 0 Å². The molecule has 5 aromatic rings. The average molecular weight is 454 g/mol. The lowest BCUT2D eigenvalue weighted by molar-refractivity contribution is -0.115. The summed E-state index contributed by atoms with van der Waals surface area (Å²) in [6, 6.07) is 16.9. The minimum atomic E-state index is -0.468. The summed E-state index contributed by atoms with van der Waals surface area (Å²) in [5.74, 6) is -0.363. The first-order valence-electron chi connectivity index (χ1n) is 10.4. The van der Waals surface area contributed by atoms with Crippen LogP contribution in [0.2, 0.25) is 0 Å². The molecule has 10 nitrogen and oxygen atoms in total. The number of nitrogens with zero attached hydrogens (tertiary/aromatic N) is 4. The van der Waals surface area contributed by atoms with Crippen LogP contribution in [0.5, 0.6) is 0 Å². The number of fused-ring (bicyclic) bond motifs is 2. The van der Waals surface area contributed by atoms with E-state index in [0.717, 1.165) is 9.03 Å². The van der Waals surface area contributed by atoms with Gasteiger partial charge in [-0.15, -0.1) is 0 Å². The Bertz CT molecular complexity index is 1500. The van der Waals surface area contributed by atoms with Crippen LogP contribution in [-0.2, 0) is 9.59 Å². The standard InChI is InChI=1S/C24H18N6O4/c1-13(31)25-17-7-3-15(4-8-17)19-11-21-23(33)30-22(24(34)29(21)27-19)12-20(28-30)16-5-9-18(10-6-16)26-14(2)32/h3-12H,1-2H3,(H,25,31)(H,26,32). The normalized spacial score (nSPS) is 11.1. The van der Waals surface area contributed by atoms with Gasteiger partial charge in [0.25, 0.3) is 11.1 Å². The minimum absolute atomic E-state index is 0.106. The second-order valence-electron chi connectivity index (χ2n) is 7.78. The first-order valence-corrected chi connectivity index (χ1v) is 10.4. The lowest BCUT2D eigenvalue weighted by atomic mass is 10.1. The topological polar surface area (TPSA) is 127 Å². The predicted octanol–water partition coefficient (Wildman–Crippen LogP) is 2.39. The number of hydrogen-bond acceptors (Lipinski definition) is 6. The number of carbonyl (C=O) groups excluding carboxylic acids is 2. The summed E-state index contributed by atoms with van der Waals surface area (Å²) in [5.41, 5.74) is 2.81. The quantitative estimate of drug-likeness (QED) is 0.429. The molecule has 0 radical (unpaired) electrons. The van der Waals surface area contributed by atoms with E-state index in [1.54, 1.807) is 60.7 Å². The molecular weight excluding hydrogens is 436 g/mol. The van der Waals surface area contributed by atoms with Gasteiger partial charge in [-0.05, 0) is 36.4 Å². The molecule has 2 N–H and O–H groups in total. The van der Waals surface area contributed by atoms with Crippen LogP contribution in [0.15, 0.2) is 70.3 Å². The van der Waals surface area contributed by atoms with Crippen molar-refractivity contribution in [3.05, 3.63) is 81.4 Å². The summed E-state index contributed by atoms with van der Waals surface area (Å²) >= 11 is 0. The van der Waals surface area contributed by atoms with E-state index in [2.05, 4.69) is 20.8 Å². The van der Waals surface area contributed by atoms with Gasteiger partial charge in [0.15, 0.2) is 0 Å². The molecule has 0 atom stereocenters. The van der Waals surface area contributed by atoms with Crippen molar-refractivity contribution in [1.29, 1.82) is 0 Å². The number of benzene rings is 2. The molecule has 0 unspecified atom stereocenters. The molecule has 3 aromatic heterocycles. The van der Waals surface area contributed by atoms with E-state index in [1.165, 1.54) is 13.8 Å². The Hall–Kier alpha value is -4.86. The second-order valence-corrected chi connectivity index (χ2v) is 7.78. The molecule has 0 aliphatic heterocycles. The van der Waals surface area contributed by atoms with Crippen LogP contribution < -0.4 is 21.8 Å². The maximum absolute atomic E-state index is 13.1. The van der Waals surface area contributed by atoms with Gasteiger partial charge in [0, 0.05) is 36.3 Å². The number of nitrogens with one attached hydrogen (secondary N) is 2. The van der Waals surface area contributed by atoms with Crippen molar-refractivity contribution in [2.24, 2.45) is 0 Å². The number of rotatable bonds is 4. The molecule has 2 amide bonds. The van der Waals surface area contributed by atoms with E-state index < -0.39 is 11.1 Å². The number of anilines is 2. The summed E-state index contributed by atoms with van der Waals surface area (Å²) in [6.07, 6.45) is 0. The minimum Gasteiger partial charge on any atom is -0.326 e. The van der Waals surface area contributed by atoms with Gasteiger partial charge in [-0.2, -0.15) is 19.2 Å². The highest BCUT2D eigenvalue weighted by atomic mass is 16.2. The molecule has 0 spiro atoms. The molecule has 168 valence electrons. The summed E-state index contributed by atoms with van der Waals surface area (Å²) in [7, 11) is 0. The Morgan fingerprint density at radius 2 is 1.00 bits per heavy atom. The highest BCUT2D eigenvalue weighted by molar-refractivity contribution is 5.89. The molecule has 5 rings (SSSR count). The van der Waals surface area contributed by atoms with Crippen molar-refractivity contribution in [2.75, 3.05) is 10.6 Å². The molecular formula is C24H18N6O4. The highest BCUT2D eigenvalue weighted by Crippen LogP contribution is 2.23. The Morgan fingerprint density at radius 3 is 1.32 bits per heavy atom. The van der Waals surface area contributed by atoms with Gasteiger partial charge in [0.2, 0.25) is 11.8 Å². The Balaban J connectivity index is 1.55. The molecule has 34 heavy (non-hydrogen) atoms. The van der Waals surface area contributed by atoms with Crippen LogP contribution in [0.4, 0.5) is 11.4 Å². The van der Waals surface area contributed by atoms with Crippen molar-refractivity contribution < 1.29 is 9.59 Å². The van der Waals surface area contributed by atoms with Crippen LogP contribution in [0.25, 0.3) is 33.5 Å². The summed E-state index contributed by atoms with van der Waals surface area (Å²) in [4.78, 5) is 48.6. The van der Waals surface area contributed by atoms with Crippen molar-refractivity contribution in [1.82, 2.24) is 19.2 Å². The van der Waals surface area contributed by atoms with Gasteiger partial charge in [0.05, 0.1) is 11.4 Å². The monoisotopic (exact) mass is 454 g/mol. The van der Waals surface area contributed by atoms with E-state index >= 15 is 0 Å². The van der Waals surface area contributed by atoms with Crippen LogP contribution in [-0.4, -0.2) is 31.0 Å². The third-order valence-corrected chi connectivity index (χ3v) is 5.24. The number of hydrogen-bond donors (Lipinski definition) is 2. The van der Waals surface area contributed by atoms with Crippen LogP contribution in [0, 0.1) is 0 Å². The zero-order valence-electron chi connectivity index (χ0n) is 18.2. The first kappa shape index (κ1) is 21.0. The fourth-order valence-corrected chi connectivity index (χ4v) is 3.73. The summed E-state index contributed by atoms with van der Waals surface area (Å²) in [5, 5.41) is 14.0. The molecule has 0 aliphatic carbocycles. The fraction of sp³-hybridized carbons (Fsp3) is 0.0833. The van der Waals surface area contributed by atoms with Crippen molar-refractivity contribution in [3.63, 3.8) is 0 Å². The van der Waals surface area contributed by atoms with Crippen molar-refractivity contribution >= 4 is 34.2 Å². The molecule has 0 bridgehead atoms. The van der Waals surface area contributed by atoms with Crippen molar-refractivity contribution in [2.45, 2.75) is 13.8 Å². The molecule has 3 heterocycles. The van der Waals surface area contributed by atoms with Gasteiger partial charge < -0.3 is 10.6 Å². The third-order valence-electron chi connectivity index (χ3n) is 5.24. The first-order chi connectivity index (χ1) is 16.3. The van der Waals surface area contributed by atoms with Crippen LogP contribution in [0.3, 0.4) is 0 Å². The Kier molecular flexibility index (Phi) is 4.90. The van der Waals surface area contributed by atoms with Gasteiger partial charge in [0.1, 0.15) is 11.0 Å². The second kappa shape index (κ2) is 7.93. The third kappa shape index (κ3) is 3.66. The fourth-order valence-electron chi connectivity index (χ4n) is 3.73. The van der Waals surface area contributed by atoms with E-state index in [9.17, 15) is 19.2 Å². The number of carbonyl (C=O) groups is 2.